The summed E-state index contributed by atoms with van der Waals surface area (Å²) >= 11 is 1.38. The van der Waals surface area contributed by atoms with Gasteiger partial charge in [-0.25, -0.2) is 0 Å². The minimum Gasteiger partial charge on any atom is -0.462 e. The zero-order valence-corrected chi connectivity index (χ0v) is 16.2. The third-order valence-electron chi connectivity index (χ3n) is 4.91. The second kappa shape index (κ2) is 8.36. The molecule has 1 amide bonds. The largest absolute Gasteiger partial charge is 0.462 e. The molecule has 1 aliphatic rings. The summed E-state index contributed by atoms with van der Waals surface area (Å²) in [6.45, 7) is 3.80. The van der Waals surface area contributed by atoms with Gasteiger partial charge >= 0.3 is 5.97 Å². The number of thiophene rings is 1. The van der Waals surface area contributed by atoms with Crippen LogP contribution in [0, 0.1) is 23.2 Å². The Morgan fingerprint density at radius 3 is 2.70 bits per heavy atom. The lowest BCUT2D eigenvalue weighted by atomic mass is 9.82. The number of hydrogen-bond donors (Lipinski definition) is 1. The molecular formula is C21H22N2O3S. The van der Waals surface area contributed by atoms with Crippen LogP contribution in [0.4, 0.5) is 5.00 Å². The second-order valence-electron chi connectivity index (χ2n) is 6.71. The zero-order chi connectivity index (χ0) is 19.4. The third-order valence-corrected chi connectivity index (χ3v) is 5.99. The van der Waals surface area contributed by atoms with Crippen molar-refractivity contribution in [3.05, 3.63) is 42.0 Å². The number of allylic oxidation sites excluding steroid dienone is 2. The van der Waals surface area contributed by atoms with E-state index in [2.05, 4.69) is 11.4 Å². The lowest BCUT2D eigenvalue weighted by Crippen LogP contribution is -2.36. The van der Waals surface area contributed by atoms with E-state index in [1.54, 1.807) is 0 Å². The van der Waals surface area contributed by atoms with Crippen LogP contribution in [0.25, 0.3) is 10.1 Å². The highest BCUT2D eigenvalue weighted by Crippen LogP contribution is 2.36. The molecule has 0 aliphatic heterocycles. The van der Waals surface area contributed by atoms with E-state index in [1.165, 1.54) is 11.3 Å². The first-order chi connectivity index (χ1) is 13.0. The molecule has 0 spiro atoms. The summed E-state index contributed by atoms with van der Waals surface area (Å²) in [5.74, 6) is -1.56. The van der Waals surface area contributed by atoms with Crippen LogP contribution >= 0.6 is 11.3 Å². The molecule has 140 valence electrons. The molecule has 0 bridgehead atoms. The topological polar surface area (TPSA) is 79.2 Å². The Balaban J connectivity index is 1.81. The van der Waals surface area contributed by atoms with Gasteiger partial charge in [-0.15, -0.1) is 11.3 Å². The predicted molar refractivity (Wildman–Crippen MR) is 106 cm³/mol. The van der Waals surface area contributed by atoms with Crippen LogP contribution in [0.2, 0.25) is 0 Å². The highest BCUT2D eigenvalue weighted by Gasteiger charge is 2.36. The molecule has 1 aromatic heterocycles. The number of fused-ring (bicyclic) bond motifs is 1. The molecule has 0 fully saturated rings. The number of ether oxygens (including phenoxy) is 1. The molecule has 5 nitrogen and oxygen atoms in total. The van der Waals surface area contributed by atoms with E-state index in [-0.39, 0.29) is 18.0 Å². The standard InChI is InChI=1S/C21H22N2O3S/c1-3-13(2)26-21(25)16-10-5-4-9-15(16)19(24)23-20-17(12-22)14-8-6-7-11-18(14)27-20/h4-8,11,13,15-16H,3,9-10H2,1-2H3,(H,23,24)/t13-,15-,16+/m0/s1. The van der Waals surface area contributed by atoms with Gasteiger partial charge in [0.1, 0.15) is 11.1 Å². The lowest BCUT2D eigenvalue weighted by molar-refractivity contribution is -0.157. The molecule has 0 unspecified atom stereocenters. The molecule has 3 atom stereocenters. The lowest BCUT2D eigenvalue weighted by Gasteiger charge is -2.27. The summed E-state index contributed by atoms with van der Waals surface area (Å²) < 4.78 is 6.40. The molecule has 27 heavy (non-hydrogen) atoms. The van der Waals surface area contributed by atoms with Crippen LogP contribution < -0.4 is 5.32 Å². The number of nitrogens with zero attached hydrogens (tertiary/aromatic N) is 1. The molecule has 6 heteroatoms. The fourth-order valence-corrected chi connectivity index (χ4v) is 4.24. The van der Waals surface area contributed by atoms with E-state index in [4.69, 9.17) is 4.74 Å². The van der Waals surface area contributed by atoms with Crippen molar-refractivity contribution >= 4 is 38.3 Å². The number of carbonyl (C=O) groups excluding carboxylic acids is 2. The highest BCUT2D eigenvalue weighted by atomic mass is 32.1. The maximum atomic E-state index is 12.9. The summed E-state index contributed by atoms with van der Waals surface area (Å²) in [7, 11) is 0. The van der Waals surface area contributed by atoms with E-state index in [1.807, 2.05) is 50.3 Å². The summed E-state index contributed by atoms with van der Waals surface area (Å²) in [6.07, 6.45) is 5.39. The molecular weight excluding hydrogens is 360 g/mol. The summed E-state index contributed by atoms with van der Waals surface area (Å²) in [6, 6.07) is 9.75. The first-order valence-corrected chi connectivity index (χ1v) is 9.94. The maximum Gasteiger partial charge on any atom is 0.310 e. The third kappa shape index (κ3) is 4.04. The van der Waals surface area contributed by atoms with Crippen molar-refractivity contribution in [3.8, 4) is 6.07 Å². The molecule has 1 aliphatic carbocycles. The van der Waals surface area contributed by atoms with Crippen molar-refractivity contribution in [2.45, 2.75) is 39.2 Å². The average Bonchev–Trinajstić information content (AvgIpc) is 3.04. The Morgan fingerprint density at radius 1 is 1.30 bits per heavy atom. The number of benzene rings is 1. The molecule has 3 rings (SSSR count). The molecule has 2 aromatic rings. The first-order valence-electron chi connectivity index (χ1n) is 9.13. The number of esters is 1. The quantitative estimate of drug-likeness (QED) is 0.604. The Kier molecular flexibility index (Phi) is 5.92. The number of nitriles is 1. The minimum absolute atomic E-state index is 0.167. The van der Waals surface area contributed by atoms with Crippen LogP contribution in [-0.4, -0.2) is 18.0 Å². The summed E-state index contributed by atoms with van der Waals surface area (Å²) in [4.78, 5) is 25.4. The van der Waals surface area contributed by atoms with Crippen molar-refractivity contribution in [3.63, 3.8) is 0 Å². The predicted octanol–water partition coefficient (Wildman–Crippen LogP) is 4.64. The number of amides is 1. The smallest absolute Gasteiger partial charge is 0.310 e. The van der Waals surface area contributed by atoms with Gasteiger partial charge in [-0.2, -0.15) is 5.26 Å². The Hall–Kier alpha value is -2.65. The van der Waals surface area contributed by atoms with Crippen LogP contribution in [0.3, 0.4) is 0 Å². The van der Waals surface area contributed by atoms with Gasteiger partial charge in [-0.05, 0) is 32.3 Å². The van der Waals surface area contributed by atoms with Gasteiger partial charge in [0.05, 0.1) is 23.5 Å². The van der Waals surface area contributed by atoms with E-state index in [0.717, 1.165) is 16.5 Å². The van der Waals surface area contributed by atoms with Crippen LogP contribution in [0.15, 0.2) is 36.4 Å². The Bertz CT molecular complexity index is 925. The van der Waals surface area contributed by atoms with Crippen molar-refractivity contribution < 1.29 is 14.3 Å². The molecule has 0 radical (unpaired) electrons. The van der Waals surface area contributed by atoms with E-state index >= 15 is 0 Å². The molecule has 0 saturated heterocycles. The Labute approximate surface area is 162 Å². The SMILES string of the molecule is CC[C@H](C)OC(=O)[C@@H]1CC=CC[C@@H]1C(=O)Nc1sc2ccccc2c1C#N. The first kappa shape index (κ1) is 19.1. The zero-order valence-electron chi connectivity index (χ0n) is 15.4. The van der Waals surface area contributed by atoms with Gasteiger partial charge in [0.2, 0.25) is 5.91 Å². The van der Waals surface area contributed by atoms with Gasteiger partial charge in [0.25, 0.3) is 0 Å². The fourth-order valence-electron chi connectivity index (χ4n) is 3.18. The molecule has 1 heterocycles. The van der Waals surface area contributed by atoms with E-state index in [9.17, 15) is 14.9 Å². The molecule has 1 aromatic carbocycles. The Morgan fingerprint density at radius 2 is 2.00 bits per heavy atom. The molecule has 0 saturated carbocycles. The van der Waals surface area contributed by atoms with Gasteiger partial charge in [-0.1, -0.05) is 37.3 Å². The average molecular weight is 382 g/mol. The van der Waals surface area contributed by atoms with Crippen molar-refractivity contribution in [1.29, 1.82) is 5.26 Å². The van der Waals surface area contributed by atoms with Crippen LogP contribution in [-0.2, 0) is 14.3 Å². The van der Waals surface area contributed by atoms with Crippen molar-refractivity contribution in [2.75, 3.05) is 5.32 Å². The number of carbonyl (C=O) groups is 2. The fraction of sp³-hybridized carbons (Fsp3) is 0.381. The summed E-state index contributed by atoms with van der Waals surface area (Å²) in [5.41, 5.74) is 0.467. The van der Waals surface area contributed by atoms with Crippen LogP contribution in [0.5, 0.6) is 0 Å². The van der Waals surface area contributed by atoms with Gasteiger partial charge in [0.15, 0.2) is 0 Å². The van der Waals surface area contributed by atoms with Gasteiger partial charge < -0.3 is 10.1 Å². The maximum absolute atomic E-state index is 12.9. The van der Waals surface area contributed by atoms with Gasteiger partial charge in [-0.3, -0.25) is 9.59 Å². The number of hydrogen-bond acceptors (Lipinski definition) is 5. The summed E-state index contributed by atoms with van der Waals surface area (Å²) in [5, 5.41) is 13.8. The number of nitrogens with one attached hydrogen (secondary N) is 1. The van der Waals surface area contributed by atoms with Gasteiger partial charge in [0, 0.05) is 10.1 Å². The second-order valence-corrected chi connectivity index (χ2v) is 7.77. The van der Waals surface area contributed by atoms with Crippen molar-refractivity contribution in [1.82, 2.24) is 0 Å². The normalized spacial score (nSPS) is 20.0. The van der Waals surface area contributed by atoms with E-state index in [0.29, 0.717) is 23.4 Å². The number of rotatable bonds is 5. The highest BCUT2D eigenvalue weighted by molar-refractivity contribution is 7.23. The number of anilines is 1. The van der Waals surface area contributed by atoms with E-state index < -0.39 is 11.8 Å². The minimum atomic E-state index is -0.497. The van der Waals surface area contributed by atoms with Crippen LogP contribution in [0.1, 0.15) is 38.7 Å². The monoisotopic (exact) mass is 382 g/mol. The molecule has 1 N–H and O–H groups in total. The van der Waals surface area contributed by atoms with Crippen molar-refractivity contribution in [2.24, 2.45) is 11.8 Å².